The molecule has 78 valence electrons. The third-order valence-corrected chi connectivity index (χ3v) is 3.11. The second-order valence-corrected chi connectivity index (χ2v) is 4.57. The van der Waals surface area contributed by atoms with Crippen molar-refractivity contribution in [3.05, 3.63) is 51.7 Å². The van der Waals surface area contributed by atoms with E-state index in [4.69, 9.17) is 0 Å². The van der Waals surface area contributed by atoms with Crippen molar-refractivity contribution >= 4 is 11.3 Å². The highest BCUT2D eigenvalue weighted by atomic mass is 32.1. The minimum Gasteiger partial charge on any atom is -0.381 e. The first kappa shape index (κ1) is 10.3. The Bertz CT molecular complexity index is 452. The number of nitrogens with zero attached hydrogens (tertiary/aromatic N) is 1. The van der Waals surface area contributed by atoms with E-state index in [9.17, 15) is 9.50 Å². The number of hydrogen-bond acceptors (Lipinski definition) is 3. The van der Waals surface area contributed by atoms with Gasteiger partial charge in [-0.2, -0.15) is 0 Å². The van der Waals surface area contributed by atoms with Crippen LogP contribution >= 0.6 is 11.3 Å². The minimum absolute atomic E-state index is 0.395. The van der Waals surface area contributed by atoms with Crippen LogP contribution in [0.25, 0.3) is 0 Å². The number of thiophene rings is 1. The van der Waals surface area contributed by atoms with Gasteiger partial charge >= 0.3 is 0 Å². The predicted molar refractivity (Wildman–Crippen MR) is 57.3 cm³/mol. The summed E-state index contributed by atoms with van der Waals surface area (Å²) in [6.45, 7) is 1.97. The van der Waals surface area contributed by atoms with Gasteiger partial charge < -0.3 is 5.11 Å². The van der Waals surface area contributed by atoms with Crippen LogP contribution in [0.4, 0.5) is 4.39 Å². The van der Waals surface area contributed by atoms with Crippen molar-refractivity contribution < 1.29 is 9.50 Å². The molecule has 0 aliphatic rings. The molecule has 4 heteroatoms. The summed E-state index contributed by atoms with van der Waals surface area (Å²) in [5.41, 5.74) is 0.471. The Balaban J connectivity index is 2.28. The molecule has 1 atom stereocenters. The van der Waals surface area contributed by atoms with E-state index in [1.807, 2.05) is 19.1 Å². The molecular formula is C11H10FNOS. The summed E-state index contributed by atoms with van der Waals surface area (Å²) in [5, 5.41) is 9.92. The number of aliphatic hydroxyl groups excluding tert-OH is 1. The summed E-state index contributed by atoms with van der Waals surface area (Å²) in [4.78, 5) is 5.80. The molecule has 15 heavy (non-hydrogen) atoms. The van der Waals surface area contributed by atoms with Crippen LogP contribution in [0.3, 0.4) is 0 Å². The molecule has 0 saturated heterocycles. The van der Waals surface area contributed by atoms with Crippen LogP contribution in [0.15, 0.2) is 30.5 Å². The zero-order valence-electron chi connectivity index (χ0n) is 8.14. The fraction of sp³-hybridized carbons (Fsp3) is 0.182. The minimum atomic E-state index is -0.760. The molecule has 2 nitrogen and oxygen atoms in total. The van der Waals surface area contributed by atoms with Gasteiger partial charge in [0.1, 0.15) is 11.9 Å². The zero-order chi connectivity index (χ0) is 10.8. The first-order chi connectivity index (χ1) is 7.16. The quantitative estimate of drug-likeness (QED) is 0.849. The number of aryl methyl sites for hydroxylation is 1. The molecule has 0 aromatic carbocycles. The summed E-state index contributed by atoms with van der Waals surface area (Å²) in [5.74, 6) is -0.395. The van der Waals surface area contributed by atoms with E-state index >= 15 is 0 Å². The molecule has 0 fully saturated rings. The Kier molecular flexibility index (Phi) is 2.79. The standard InChI is InChI=1S/C11H10FNOS/c1-7-2-5-10(15-7)11(14)9-4-3-8(12)6-13-9/h2-6,11,14H,1H3. The molecule has 1 unspecified atom stereocenters. The van der Waals surface area contributed by atoms with Crippen LogP contribution in [-0.2, 0) is 0 Å². The highest BCUT2D eigenvalue weighted by Crippen LogP contribution is 2.26. The van der Waals surface area contributed by atoms with Crippen molar-refractivity contribution in [3.8, 4) is 0 Å². The maximum absolute atomic E-state index is 12.6. The maximum Gasteiger partial charge on any atom is 0.141 e. The number of hydrogen-bond donors (Lipinski definition) is 1. The Morgan fingerprint density at radius 1 is 1.33 bits per heavy atom. The molecule has 2 aromatic rings. The average Bonchev–Trinajstić information content (AvgIpc) is 2.65. The van der Waals surface area contributed by atoms with Gasteiger partial charge in [0.25, 0.3) is 0 Å². The summed E-state index contributed by atoms with van der Waals surface area (Å²) in [6, 6.07) is 6.59. The van der Waals surface area contributed by atoms with E-state index in [2.05, 4.69) is 4.98 Å². The van der Waals surface area contributed by atoms with Crippen LogP contribution in [-0.4, -0.2) is 10.1 Å². The topological polar surface area (TPSA) is 33.1 Å². The lowest BCUT2D eigenvalue weighted by Gasteiger charge is -2.06. The molecule has 0 amide bonds. The number of rotatable bonds is 2. The van der Waals surface area contributed by atoms with Gasteiger partial charge in [0.05, 0.1) is 11.9 Å². The average molecular weight is 223 g/mol. The van der Waals surface area contributed by atoms with Crippen LogP contribution in [0.5, 0.6) is 0 Å². The number of aromatic nitrogens is 1. The highest BCUT2D eigenvalue weighted by Gasteiger charge is 2.13. The lowest BCUT2D eigenvalue weighted by atomic mass is 10.2. The Labute approximate surface area is 91.0 Å². The lowest BCUT2D eigenvalue weighted by molar-refractivity contribution is 0.219. The molecule has 2 heterocycles. The molecule has 0 radical (unpaired) electrons. The molecule has 2 aromatic heterocycles. The van der Waals surface area contributed by atoms with Gasteiger partial charge in [0.2, 0.25) is 0 Å². The Hall–Kier alpha value is -1.26. The molecule has 1 N–H and O–H groups in total. The van der Waals surface area contributed by atoms with Gasteiger partial charge in [0.15, 0.2) is 0 Å². The predicted octanol–water partition coefficient (Wildman–Crippen LogP) is 2.67. The smallest absolute Gasteiger partial charge is 0.141 e. The second kappa shape index (κ2) is 4.08. The van der Waals surface area contributed by atoms with Gasteiger partial charge in [-0.3, -0.25) is 4.98 Å². The van der Waals surface area contributed by atoms with Crippen LogP contribution in [0, 0.1) is 12.7 Å². The molecule has 0 spiro atoms. The first-order valence-corrected chi connectivity index (χ1v) is 5.34. The fourth-order valence-corrected chi connectivity index (χ4v) is 2.17. The van der Waals surface area contributed by atoms with E-state index in [1.54, 1.807) is 0 Å². The van der Waals surface area contributed by atoms with Crippen molar-refractivity contribution in [1.29, 1.82) is 0 Å². The maximum atomic E-state index is 12.6. The van der Waals surface area contributed by atoms with Crippen molar-refractivity contribution in [2.24, 2.45) is 0 Å². The number of pyridine rings is 1. The molecule has 0 aliphatic carbocycles. The van der Waals surface area contributed by atoms with E-state index in [-0.39, 0.29) is 0 Å². The van der Waals surface area contributed by atoms with Gasteiger partial charge in [-0.05, 0) is 31.2 Å². The normalized spacial score (nSPS) is 12.7. The van der Waals surface area contributed by atoms with Gasteiger partial charge in [-0.15, -0.1) is 11.3 Å². The molecule has 0 saturated carbocycles. The Morgan fingerprint density at radius 2 is 2.13 bits per heavy atom. The van der Waals surface area contributed by atoms with E-state index in [1.165, 1.54) is 23.5 Å². The van der Waals surface area contributed by atoms with Crippen molar-refractivity contribution in [3.63, 3.8) is 0 Å². The molecular weight excluding hydrogens is 213 g/mol. The van der Waals surface area contributed by atoms with Crippen LogP contribution < -0.4 is 0 Å². The summed E-state index contributed by atoms with van der Waals surface area (Å²) < 4.78 is 12.6. The molecule has 2 rings (SSSR count). The number of halogens is 1. The van der Waals surface area contributed by atoms with Gasteiger partial charge in [-0.25, -0.2) is 4.39 Å². The monoisotopic (exact) mass is 223 g/mol. The van der Waals surface area contributed by atoms with Crippen molar-refractivity contribution in [2.45, 2.75) is 13.0 Å². The number of aliphatic hydroxyl groups is 1. The van der Waals surface area contributed by atoms with Crippen LogP contribution in [0.2, 0.25) is 0 Å². The zero-order valence-corrected chi connectivity index (χ0v) is 8.96. The van der Waals surface area contributed by atoms with E-state index < -0.39 is 11.9 Å². The Morgan fingerprint density at radius 3 is 2.67 bits per heavy atom. The molecule has 0 aliphatic heterocycles. The van der Waals surface area contributed by atoms with Gasteiger partial charge in [0, 0.05) is 9.75 Å². The SMILES string of the molecule is Cc1ccc(C(O)c2ccc(F)cn2)s1. The van der Waals surface area contributed by atoms with Crippen LogP contribution in [0.1, 0.15) is 21.6 Å². The van der Waals surface area contributed by atoms with Crippen molar-refractivity contribution in [1.82, 2.24) is 4.98 Å². The highest BCUT2D eigenvalue weighted by molar-refractivity contribution is 7.12. The third kappa shape index (κ3) is 2.22. The first-order valence-electron chi connectivity index (χ1n) is 4.52. The van der Waals surface area contributed by atoms with Crippen molar-refractivity contribution in [2.75, 3.05) is 0 Å². The second-order valence-electron chi connectivity index (χ2n) is 3.25. The summed E-state index contributed by atoms with van der Waals surface area (Å²) in [6.07, 6.45) is 0.350. The summed E-state index contributed by atoms with van der Waals surface area (Å²) >= 11 is 1.51. The van der Waals surface area contributed by atoms with E-state index in [0.717, 1.165) is 16.0 Å². The lowest BCUT2D eigenvalue weighted by Crippen LogP contribution is -1.99. The fourth-order valence-electron chi connectivity index (χ4n) is 1.30. The largest absolute Gasteiger partial charge is 0.381 e. The third-order valence-electron chi connectivity index (χ3n) is 2.06. The summed E-state index contributed by atoms with van der Waals surface area (Å²) in [7, 11) is 0. The van der Waals surface area contributed by atoms with E-state index in [0.29, 0.717) is 5.69 Å². The van der Waals surface area contributed by atoms with Gasteiger partial charge in [-0.1, -0.05) is 0 Å². The molecule has 0 bridgehead atoms.